The van der Waals surface area contributed by atoms with Gasteiger partial charge in [0.1, 0.15) is 11.8 Å². The molecule has 1 aromatic rings. The minimum atomic E-state index is -0.148. The van der Waals surface area contributed by atoms with Crippen LogP contribution in [0.3, 0.4) is 0 Å². The lowest BCUT2D eigenvalue weighted by atomic mass is 10.00. The van der Waals surface area contributed by atoms with Crippen molar-refractivity contribution in [3.05, 3.63) is 29.6 Å². The molecule has 0 spiro atoms. The van der Waals surface area contributed by atoms with Crippen molar-refractivity contribution >= 4 is 11.8 Å². The molecule has 108 valence electrons. The number of rotatable bonds is 3. The van der Waals surface area contributed by atoms with Crippen LogP contribution in [0.5, 0.6) is 0 Å². The maximum Gasteiger partial charge on any atom is 0.233 e. The van der Waals surface area contributed by atoms with Crippen LogP contribution in [-0.4, -0.2) is 21.7 Å². The van der Waals surface area contributed by atoms with E-state index in [-0.39, 0.29) is 35.9 Å². The highest BCUT2D eigenvalue weighted by Gasteiger charge is 2.52. The van der Waals surface area contributed by atoms with E-state index in [0.29, 0.717) is 11.5 Å². The highest BCUT2D eigenvalue weighted by Crippen LogP contribution is 2.44. The zero-order valence-corrected chi connectivity index (χ0v) is 12.0. The first-order valence-electron chi connectivity index (χ1n) is 7.35. The number of imide groups is 1. The maximum absolute atomic E-state index is 12.5. The van der Waals surface area contributed by atoms with Crippen LogP contribution in [0.25, 0.3) is 0 Å². The molecule has 0 bridgehead atoms. The molecule has 2 fully saturated rings. The van der Waals surface area contributed by atoms with E-state index in [1.807, 2.05) is 6.07 Å². The lowest BCUT2D eigenvalue weighted by molar-refractivity contribution is -0.141. The van der Waals surface area contributed by atoms with Gasteiger partial charge >= 0.3 is 0 Å². The standard InChI is InChI=1S/C16H17N3O2/c1-2-10-6-12-13(7-10)16(21)19(15(12)20)9-11-4-3-5-18-14(11)8-17/h3-5,10,12-13H,2,6-7,9H2,1H3. The fraction of sp³-hybridized carbons (Fsp3) is 0.500. The van der Waals surface area contributed by atoms with Crippen LogP contribution in [0, 0.1) is 29.1 Å². The smallest absolute Gasteiger partial charge is 0.233 e. The minimum absolute atomic E-state index is 0.0753. The number of hydrogen-bond donors (Lipinski definition) is 0. The number of hydrogen-bond acceptors (Lipinski definition) is 4. The van der Waals surface area contributed by atoms with Crippen molar-refractivity contribution in [1.29, 1.82) is 5.26 Å². The number of pyridine rings is 1. The van der Waals surface area contributed by atoms with E-state index in [1.165, 1.54) is 11.1 Å². The molecule has 2 atom stereocenters. The maximum atomic E-state index is 12.5. The van der Waals surface area contributed by atoms with Gasteiger partial charge in [-0.3, -0.25) is 14.5 Å². The normalized spacial score (nSPS) is 27.8. The van der Waals surface area contributed by atoms with Crippen LogP contribution in [0.4, 0.5) is 0 Å². The molecule has 1 saturated carbocycles. The monoisotopic (exact) mass is 283 g/mol. The van der Waals surface area contributed by atoms with Crippen molar-refractivity contribution in [2.45, 2.75) is 32.7 Å². The van der Waals surface area contributed by atoms with E-state index in [4.69, 9.17) is 5.26 Å². The average Bonchev–Trinajstić information content (AvgIpc) is 3.03. The Balaban J connectivity index is 1.81. The molecule has 0 N–H and O–H groups in total. The highest BCUT2D eigenvalue weighted by molar-refractivity contribution is 6.05. The molecule has 1 aromatic heterocycles. The highest BCUT2D eigenvalue weighted by atomic mass is 16.2. The summed E-state index contributed by atoms with van der Waals surface area (Å²) in [5.41, 5.74) is 0.912. The number of fused-ring (bicyclic) bond motifs is 1. The Bertz CT molecular complexity index is 611. The van der Waals surface area contributed by atoms with Gasteiger partial charge in [0.25, 0.3) is 0 Å². The van der Waals surface area contributed by atoms with Crippen LogP contribution in [0.1, 0.15) is 37.4 Å². The first-order valence-corrected chi connectivity index (χ1v) is 7.35. The number of aromatic nitrogens is 1. The summed E-state index contributed by atoms with van der Waals surface area (Å²) >= 11 is 0. The summed E-state index contributed by atoms with van der Waals surface area (Å²) in [6.07, 6.45) is 4.20. The molecule has 2 amide bonds. The third kappa shape index (κ3) is 2.21. The fourth-order valence-corrected chi connectivity index (χ4v) is 3.52. The zero-order valence-electron chi connectivity index (χ0n) is 12.0. The van der Waals surface area contributed by atoms with Gasteiger partial charge in [-0.05, 0) is 24.8 Å². The molecule has 3 rings (SSSR count). The van der Waals surface area contributed by atoms with Crippen molar-refractivity contribution in [2.24, 2.45) is 17.8 Å². The molecule has 1 saturated heterocycles. The van der Waals surface area contributed by atoms with Gasteiger partial charge in [-0.15, -0.1) is 0 Å². The lowest BCUT2D eigenvalue weighted by Crippen LogP contribution is -2.32. The van der Waals surface area contributed by atoms with Gasteiger partial charge < -0.3 is 0 Å². The molecule has 5 heteroatoms. The van der Waals surface area contributed by atoms with Crippen LogP contribution in [0.2, 0.25) is 0 Å². The minimum Gasteiger partial charge on any atom is -0.278 e. The van der Waals surface area contributed by atoms with Crippen LogP contribution >= 0.6 is 0 Å². The third-order valence-electron chi connectivity index (χ3n) is 4.73. The lowest BCUT2D eigenvalue weighted by Gasteiger charge is -2.17. The summed E-state index contributed by atoms with van der Waals surface area (Å²) in [6.45, 7) is 2.27. The summed E-state index contributed by atoms with van der Waals surface area (Å²) in [4.78, 5) is 30.2. The molecule has 0 radical (unpaired) electrons. The van der Waals surface area contributed by atoms with Crippen molar-refractivity contribution < 1.29 is 9.59 Å². The SMILES string of the molecule is CCC1CC2C(=O)N(Cc3cccnc3C#N)C(=O)C2C1. The number of nitriles is 1. The number of carbonyl (C=O) groups is 2. The Morgan fingerprint density at radius 3 is 2.57 bits per heavy atom. The van der Waals surface area contributed by atoms with Gasteiger partial charge in [-0.2, -0.15) is 5.26 Å². The fourth-order valence-electron chi connectivity index (χ4n) is 3.52. The number of likely N-dealkylation sites (tertiary alicyclic amines) is 1. The summed E-state index contributed by atoms with van der Waals surface area (Å²) in [5.74, 6) is 0.0415. The second-order valence-electron chi connectivity index (χ2n) is 5.84. The average molecular weight is 283 g/mol. The quantitative estimate of drug-likeness (QED) is 0.794. The molecule has 2 heterocycles. The largest absolute Gasteiger partial charge is 0.278 e. The van der Waals surface area contributed by atoms with Crippen LogP contribution < -0.4 is 0 Å². The van der Waals surface area contributed by atoms with Gasteiger partial charge in [-0.1, -0.05) is 19.4 Å². The van der Waals surface area contributed by atoms with Crippen molar-refractivity contribution in [3.63, 3.8) is 0 Å². The second-order valence-corrected chi connectivity index (χ2v) is 5.84. The molecule has 21 heavy (non-hydrogen) atoms. The predicted octanol–water partition coefficient (Wildman–Crippen LogP) is 1.87. The summed E-state index contributed by atoms with van der Waals surface area (Å²) < 4.78 is 0. The Hall–Kier alpha value is -2.22. The van der Waals surface area contributed by atoms with Crippen molar-refractivity contribution in [3.8, 4) is 6.07 Å². The molecular weight excluding hydrogens is 266 g/mol. The topological polar surface area (TPSA) is 74.1 Å². The summed E-state index contributed by atoms with van der Waals surface area (Å²) in [5, 5.41) is 9.05. The van der Waals surface area contributed by atoms with E-state index in [2.05, 4.69) is 11.9 Å². The summed E-state index contributed by atoms with van der Waals surface area (Å²) in [7, 11) is 0. The molecule has 1 aliphatic heterocycles. The molecule has 1 aliphatic carbocycles. The van der Waals surface area contributed by atoms with E-state index in [1.54, 1.807) is 12.1 Å². The molecule has 0 aromatic carbocycles. The van der Waals surface area contributed by atoms with Gasteiger partial charge in [0, 0.05) is 11.8 Å². The van der Waals surface area contributed by atoms with Gasteiger partial charge in [-0.25, -0.2) is 4.98 Å². The number of carbonyl (C=O) groups excluding carboxylic acids is 2. The molecular formula is C16H17N3O2. The third-order valence-corrected chi connectivity index (χ3v) is 4.73. The van der Waals surface area contributed by atoms with Crippen LogP contribution in [-0.2, 0) is 16.1 Å². The Kier molecular flexibility index (Phi) is 3.46. The Morgan fingerprint density at radius 2 is 2.00 bits per heavy atom. The summed E-state index contributed by atoms with van der Waals surface area (Å²) in [6, 6.07) is 5.47. The Morgan fingerprint density at radius 1 is 1.33 bits per heavy atom. The zero-order chi connectivity index (χ0) is 15.0. The predicted molar refractivity (Wildman–Crippen MR) is 74.5 cm³/mol. The van der Waals surface area contributed by atoms with Crippen molar-refractivity contribution in [1.82, 2.24) is 9.88 Å². The number of nitrogens with zero attached hydrogens (tertiary/aromatic N) is 3. The molecule has 5 nitrogen and oxygen atoms in total. The van der Waals surface area contributed by atoms with Gasteiger partial charge in [0.15, 0.2) is 0 Å². The van der Waals surface area contributed by atoms with Gasteiger partial charge in [0.2, 0.25) is 11.8 Å². The van der Waals surface area contributed by atoms with Crippen molar-refractivity contribution in [2.75, 3.05) is 0 Å². The van der Waals surface area contributed by atoms with E-state index in [0.717, 1.165) is 19.3 Å². The molecule has 2 aliphatic rings. The van der Waals surface area contributed by atoms with Crippen LogP contribution in [0.15, 0.2) is 18.3 Å². The van der Waals surface area contributed by atoms with E-state index >= 15 is 0 Å². The molecule has 2 unspecified atom stereocenters. The van der Waals surface area contributed by atoms with E-state index in [9.17, 15) is 9.59 Å². The first kappa shape index (κ1) is 13.7. The van der Waals surface area contributed by atoms with Gasteiger partial charge in [0.05, 0.1) is 18.4 Å². The first-order chi connectivity index (χ1) is 10.2. The number of amides is 2. The second kappa shape index (κ2) is 5.28. The van der Waals surface area contributed by atoms with E-state index < -0.39 is 0 Å². The Labute approximate surface area is 123 Å².